The van der Waals surface area contributed by atoms with E-state index < -0.39 is 5.91 Å². The molecule has 5 nitrogen and oxygen atoms in total. The molecule has 3 N–H and O–H groups in total. The number of hydrogen-bond donors (Lipinski definition) is 2. The van der Waals surface area contributed by atoms with Crippen molar-refractivity contribution in [2.75, 3.05) is 5.32 Å². The van der Waals surface area contributed by atoms with Gasteiger partial charge in [0.1, 0.15) is 17.5 Å². The zero-order chi connectivity index (χ0) is 12.1. The predicted molar refractivity (Wildman–Crippen MR) is 60.1 cm³/mol. The van der Waals surface area contributed by atoms with Gasteiger partial charge in [0, 0.05) is 11.4 Å². The SMILES string of the molecule is C/C(Nc1cccc(C)n1)=C(\C#N)C(N)=O. The standard InChI is InChI=1S/C11H12N4O/c1-7-4-3-5-10(14-7)15-8(2)9(6-12)11(13)16/h3-5H,1-2H3,(H2,13,16)(H,14,15)/b9-8-. The highest BCUT2D eigenvalue weighted by Crippen LogP contribution is 2.09. The van der Waals surface area contributed by atoms with Crippen LogP contribution in [0, 0.1) is 18.3 Å². The maximum atomic E-state index is 10.9. The van der Waals surface area contributed by atoms with Gasteiger partial charge in [0.2, 0.25) is 0 Å². The Balaban J connectivity index is 2.98. The molecule has 1 rings (SSSR count). The van der Waals surface area contributed by atoms with Crippen LogP contribution in [0.3, 0.4) is 0 Å². The predicted octanol–water partition coefficient (Wildman–Crippen LogP) is 1.08. The van der Waals surface area contributed by atoms with Gasteiger partial charge in [-0.15, -0.1) is 0 Å². The Labute approximate surface area is 93.6 Å². The average molecular weight is 216 g/mol. The highest BCUT2D eigenvalue weighted by Gasteiger charge is 2.08. The molecule has 0 aromatic carbocycles. The molecule has 0 spiro atoms. The molecule has 5 heteroatoms. The van der Waals surface area contributed by atoms with E-state index in [1.165, 1.54) is 0 Å². The van der Waals surface area contributed by atoms with Crippen LogP contribution in [-0.2, 0) is 4.79 Å². The summed E-state index contributed by atoms with van der Waals surface area (Å²) in [6.45, 7) is 3.46. The summed E-state index contributed by atoms with van der Waals surface area (Å²) in [5, 5.41) is 11.6. The molecule has 0 fully saturated rings. The molecule has 1 heterocycles. The van der Waals surface area contributed by atoms with Gasteiger partial charge in [0.05, 0.1) is 0 Å². The number of aromatic nitrogens is 1. The van der Waals surface area contributed by atoms with E-state index in [-0.39, 0.29) is 5.57 Å². The van der Waals surface area contributed by atoms with Crippen molar-refractivity contribution in [2.45, 2.75) is 13.8 Å². The maximum absolute atomic E-state index is 10.9. The smallest absolute Gasteiger partial charge is 0.261 e. The van der Waals surface area contributed by atoms with E-state index in [0.29, 0.717) is 11.5 Å². The number of nitrogens with one attached hydrogen (secondary N) is 1. The van der Waals surface area contributed by atoms with E-state index in [4.69, 9.17) is 11.0 Å². The van der Waals surface area contributed by atoms with Gasteiger partial charge in [0.15, 0.2) is 0 Å². The number of carbonyl (C=O) groups excluding carboxylic acids is 1. The van der Waals surface area contributed by atoms with Gasteiger partial charge < -0.3 is 11.1 Å². The topological polar surface area (TPSA) is 91.8 Å². The van der Waals surface area contributed by atoms with Crippen molar-refractivity contribution in [3.8, 4) is 6.07 Å². The second kappa shape index (κ2) is 4.94. The Morgan fingerprint density at radius 1 is 1.56 bits per heavy atom. The lowest BCUT2D eigenvalue weighted by Gasteiger charge is -2.07. The van der Waals surface area contributed by atoms with Gasteiger partial charge in [0.25, 0.3) is 5.91 Å². The van der Waals surface area contributed by atoms with E-state index in [2.05, 4.69) is 10.3 Å². The van der Waals surface area contributed by atoms with Crippen molar-refractivity contribution in [3.63, 3.8) is 0 Å². The van der Waals surface area contributed by atoms with Crippen molar-refractivity contribution >= 4 is 11.7 Å². The lowest BCUT2D eigenvalue weighted by Crippen LogP contribution is -2.16. The number of aryl methyl sites for hydroxylation is 1. The molecule has 82 valence electrons. The summed E-state index contributed by atoms with van der Waals surface area (Å²) < 4.78 is 0. The van der Waals surface area contributed by atoms with Crippen molar-refractivity contribution in [2.24, 2.45) is 5.73 Å². The van der Waals surface area contributed by atoms with Crippen molar-refractivity contribution < 1.29 is 4.79 Å². The molecule has 0 unspecified atom stereocenters. The third-order valence-electron chi connectivity index (χ3n) is 1.94. The summed E-state index contributed by atoms with van der Waals surface area (Å²) in [6.07, 6.45) is 0. The molecular formula is C11H12N4O. The molecule has 0 atom stereocenters. The number of carbonyl (C=O) groups is 1. The minimum Gasteiger partial charge on any atom is -0.365 e. The molecule has 0 aliphatic carbocycles. The number of nitriles is 1. The third kappa shape index (κ3) is 2.82. The Bertz CT molecular complexity index is 485. The highest BCUT2D eigenvalue weighted by molar-refractivity contribution is 5.97. The molecule has 0 bridgehead atoms. The molecule has 16 heavy (non-hydrogen) atoms. The number of pyridine rings is 1. The van der Waals surface area contributed by atoms with E-state index in [1.807, 2.05) is 19.1 Å². The molecule has 1 aromatic rings. The van der Waals surface area contributed by atoms with E-state index in [0.717, 1.165) is 5.69 Å². The van der Waals surface area contributed by atoms with Gasteiger partial charge in [-0.05, 0) is 26.0 Å². The number of anilines is 1. The van der Waals surface area contributed by atoms with Crippen LogP contribution in [0.25, 0.3) is 0 Å². The number of amides is 1. The largest absolute Gasteiger partial charge is 0.365 e. The molecule has 0 saturated heterocycles. The summed E-state index contributed by atoms with van der Waals surface area (Å²) in [7, 11) is 0. The molecule has 1 aromatic heterocycles. The first-order valence-electron chi connectivity index (χ1n) is 4.66. The van der Waals surface area contributed by atoms with Crippen LogP contribution in [0.4, 0.5) is 5.82 Å². The second-order valence-electron chi connectivity index (χ2n) is 3.27. The van der Waals surface area contributed by atoms with Gasteiger partial charge in [-0.1, -0.05) is 6.07 Å². The average Bonchev–Trinajstić information content (AvgIpc) is 2.17. The van der Waals surface area contributed by atoms with Crippen molar-refractivity contribution in [3.05, 3.63) is 35.2 Å². The quantitative estimate of drug-likeness (QED) is 0.584. The molecule has 0 aliphatic rings. The van der Waals surface area contributed by atoms with Crippen LogP contribution in [0.2, 0.25) is 0 Å². The fourth-order valence-corrected chi connectivity index (χ4v) is 1.19. The number of nitrogens with two attached hydrogens (primary N) is 1. The Kier molecular flexibility index (Phi) is 3.62. The summed E-state index contributed by atoms with van der Waals surface area (Å²) in [4.78, 5) is 15.1. The minimum absolute atomic E-state index is 0.0942. The first-order chi connectivity index (χ1) is 7.54. The van der Waals surface area contributed by atoms with Gasteiger partial charge in [-0.2, -0.15) is 5.26 Å². The van der Waals surface area contributed by atoms with E-state index in [1.54, 1.807) is 19.1 Å². The Morgan fingerprint density at radius 2 is 2.25 bits per heavy atom. The van der Waals surface area contributed by atoms with Crippen LogP contribution in [0.15, 0.2) is 29.5 Å². The molecular weight excluding hydrogens is 204 g/mol. The van der Waals surface area contributed by atoms with E-state index in [9.17, 15) is 4.79 Å². The summed E-state index contributed by atoms with van der Waals surface area (Å²) in [5.41, 5.74) is 6.20. The number of primary amides is 1. The first-order valence-corrected chi connectivity index (χ1v) is 4.66. The monoisotopic (exact) mass is 216 g/mol. The van der Waals surface area contributed by atoms with Gasteiger partial charge in [-0.25, -0.2) is 4.98 Å². The summed E-state index contributed by atoms with van der Waals surface area (Å²) in [5.74, 6) is -0.174. The van der Waals surface area contributed by atoms with Crippen LogP contribution in [0.5, 0.6) is 0 Å². The fourth-order valence-electron chi connectivity index (χ4n) is 1.19. The molecule has 1 amide bonds. The summed E-state index contributed by atoms with van der Waals surface area (Å²) >= 11 is 0. The molecule has 0 saturated carbocycles. The molecule has 0 radical (unpaired) electrons. The normalized spacial score (nSPS) is 11.3. The van der Waals surface area contributed by atoms with Gasteiger partial charge >= 0.3 is 0 Å². The molecule has 0 aliphatic heterocycles. The van der Waals surface area contributed by atoms with Crippen molar-refractivity contribution in [1.29, 1.82) is 5.26 Å². The Hall–Kier alpha value is -2.35. The second-order valence-corrected chi connectivity index (χ2v) is 3.27. The highest BCUT2D eigenvalue weighted by atomic mass is 16.1. The van der Waals surface area contributed by atoms with Crippen LogP contribution >= 0.6 is 0 Å². The van der Waals surface area contributed by atoms with Gasteiger partial charge in [-0.3, -0.25) is 4.79 Å². The zero-order valence-corrected chi connectivity index (χ0v) is 9.11. The van der Waals surface area contributed by atoms with Crippen LogP contribution < -0.4 is 11.1 Å². The Morgan fingerprint density at radius 3 is 2.75 bits per heavy atom. The first kappa shape index (κ1) is 11.7. The van der Waals surface area contributed by atoms with Crippen LogP contribution in [0.1, 0.15) is 12.6 Å². The maximum Gasteiger partial charge on any atom is 0.261 e. The minimum atomic E-state index is -0.750. The third-order valence-corrected chi connectivity index (χ3v) is 1.94. The van der Waals surface area contributed by atoms with Crippen LogP contribution in [-0.4, -0.2) is 10.9 Å². The van der Waals surface area contributed by atoms with Crippen molar-refractivity contribution in [1.82, 2.24) is 4.98 Å². The number of hydrogen-bond acceptors (Lipinski definition) is 4. The fraction of sp³-hybridized carbons (Fsp3) is 0.182. The number of nitrogens with zero attached hydrogens (tertiary/aromatic N) is 2. The number of allylic oxidation sites excluding steroid dienone is 1. The van der Waals surface area contributed by atoms with E-state index >= 15 is 0 Å². The summed E-state index contributed by atoms with van der Waals surface area (Å²) in [6, 6.07) is 7.17. The zero-order valence-electron chi connectivity index (χ0n) is 9.11. The lowest BCUT2D eigenvalue weighted by molar-refractivity contribution is -0.114. The number of rotatable bonds is 3. The lowest BCUT2D eigenvalue weighted by atomic mass is 10.2.